The quantitative estimate of drug-likeness (QED) is 0.901. The van der Waals surface area contributed by atoms with Gasteiger partial charge >= 0.3 is 5.97 Å². The molecule has 1 saturated heterocycles. The van der Waals surface area contributed by atoms with Gasteiger partial charge in [0.05, 0.1) is 5.25 Å². The van der Waals surface area contributed by atoms with E-state index < -0.39 is 12.0 Å². The van der Waals surface area contributed by atoms with Gasteiger partial charge in [0.1, 0.15) is 6.04 Å². The molecular formula is C14H15NO3S2. The Bertz CT molecular complexity index is 524. The molecule has 1 amide bonds. The second-order valence-corrected chi connectivity index (χ2v) is 7.27. The van der Waals surface area contributed by atoms with E-state index in [0.717, 1.165) is 10.6 Å². The fourth-order valence-electron chi connectivity index (χ4n) is 2.58. The molecule has 0 spiro atoms. The predicted octanol–water partition coefficient (Wildman–Crippen LogP) is 1.73. The van der Waals surface area contributed by atoms with Crippen LogP contribution in [0.5, 0.6) is 0 Å². The minimum Gasteiger partial charge on any atom is -0.480 e. The standard InChI is InChI=1S/C14H15NO3S2/c16-13(15-5-6-19-8-10(15)14(17)18)12-7-9-3-1-2-4-11(9)20-12/h1-4,10,12H,5-8H2,(H,17,18). The first kappa shape index (κ1) is 13.8. The van der Waals surface area contributed by atoms with Crippen molar-refractivity contribution in [3.63, 3.8) is 0 Å². The Morgan fingerprint density at radius 2 is 2.10 bits per heavy atom. The fraction of sp³-hybridized carbons (Fsp3) is 0.429. The van der Waals surface area contributed by atoms with Crippen molar-refractivity contribution >= 4 is 35.4 Å². The molecule has 6 heteroatoms. The van der Waals surface area contributed by atoms with E-state index in [1.54, 1.807) is 28.4 Å². The summed E-state index contributed by atoms with van der Waals surface area (Å²) in [5.74, 6) is 0.385. The van der Waals surface area contributed by atoms with E-state index in [1.807, 2.05) is 24.3 Å². The maximum Gasteiger partial charge on any atom is 0.327 e. The van der Waals surface area contributed by atoms with E-state index >= 15 is 0 Å². The van der Waals surface area contributed by atoms with Crippen LogP contribution in [0.4, 0.5) is 0 Å². The Balaban J connectivity index is 1.75. The molecule has 20 heavy (non-hydrogen) atoms. The number of hydrogen-bond acceptors (Lipinski definition) is 4. The van der Waals surface area contributed by atoms with E-state index in [4.69, 9.17) is 0 Å². The van der Waals surface area contributed by atoms with Crippen LogP contribution < -0.4 is 0 Å². The number of carbonyl (C=O) groups is 2. The average molecular weight is 309 g/mol. The molecule has 1 aromatic carbocycles. The van der Waals surface area contributed by atoms with Crippen LogP contribution in [0.1, 0.15) is 5.56 Å². The summed E-state index contributed by atoms with van der Waals surface area (Å²) in [4.78, 5) is 26.6. The van der Waals surface area contributed by atoms with E-state index in [0.29, 0.717) is 18.7 Å². The molecule has 0 aliphatic carbocycles. The number of fused-ring (bicyclic) bond motifs is 1. The van der Waals surface area contributed by atoms with E-state index in [9.17, 15) is 14.7 Å². The van der Waals surface area contributed by atoms with Crippen molar-refractivity contribution in [3.05, 3.63) is 29.8 Å². The maximum atomic E-state index is 12.6. The zero-order valence-corrected chi connectivity index (χ0v) is 12.5. The highest BCUT2D eigenvalue weighted by molar-refractivity contribution is 8.01. The highest BCUT2D eigenvalue weighted by Crippen LogP contribution is 2.38. The van der Waals surface area contributed by atoms with Crippen molar-refractivity contribution in [2.45, 2.75) is 22.6 Å². The van der Waals surface area contributed by atoms with Gasteiger partial charge in [0, 0.05) is 22.9 Å². The van der Waals surface area contributed by atoms with Gasteiger partial charge in [-0.15, -0.1) is 11.8 Å². The van der Waals surface area contributed by atoms with E-state index in [-0.39, 0.29) is 11.2 Å². The normalized spacial score (nSPS) is 25.3. The summed E-state index contributed by atoms with van der Waals surface area (Å²) in [6, 6.07) is 7.33. The fourth-order valence-corrected chi connectivity index (χ4v) is 4.88. The third-order valence-corrected chi connectivity index (χ3v) is 5.95. The maximum absolute atomic E-state index is 12.6. The number of carbonyl (C=O) groups excluding carboxylic acids is 1. The number of carboxylic acid groups (broad SMARTS) is 1. The highest BCUT2D eigenvalue weighted by Gasteiger charge is 2.38. The SMILES string of the molecule is O=C(O)C1CSCCN1C(=O)C1Cc2ccccc2S1. The molecule has 2 atom stereocenters. The molecule has 0 radical (unpaired) electrons. The van der Waals surface area contributed by atoms with Crippen molar-refractivity contribution in [1.29, 1.82) is 0 Å². The molecule has 0 bridgehead atoms. The van der Waals surface area contributed by atoms with Crippen LogP contribution in [-0.4, -0.2) is 51.2 Å². The number of thioether (sulfide) groups is 2. The third kappa shape index (κ3) is 2.54. The molecule has 0 aromatic heterocycles. The topological polar surface area (TPSA) is 57.6 Å². The van der Waals surface area contributed by atoms with Crippen LogP contribution >= 0.6 is 23.5 Å². The first-order valence-electron chi connectivity index (χ1n) is 6.52. The summed E-state index contributed by atoms with van der Waals surface area (Å²) >= 11 is 3.16. The molecule has 2 aliphatic heterocycles. The molecule has 3 rings (SSSR count). The van der Waals surface area contributed by atoms with E-state index in [1.165, 1.54) is 5.56 Å². The molecule has 0 saturated carbocycles. The molecule has 1 aromatic rings. The number of carboxylic acids is 1. The number of hydrogen-bond donors (Lipinski definition) is 1. The molecule has 1 N–H and O–H groups in total. The van der Waals surface area contributed by atoms with Gasteiger partial charge < -0.3 is 10.0 Å². The number of aliphatic carboxylic acids is 1. The molecular weight excluding hydrogens is 294 g/mol. The Morgan fingerprint density at radius 3 is 2.85 bits per heavy atom. The van der Waals surface area contributed by atoms with Gasteiger partial charge in [0.2, 0.25) is 5.91 Å². The van der Waals surface area contributed by atoms with Crippen molar-refractivity contribution in [2.75, 3.05) is 18.1 Å². The van der Waals surface area contributed by atoms with Gasteiger partial charge in [0.15, 0.2) is 0 Å². The second kappa shape index (κ2) is 5.69. The first-order valence-corrected chi connectivity index (χ1v) is 8.56. The lowest BCUT2D eigenvalue weighted by Crippen LogP contribution is -2.52. The molecule has 106 valence electrons. The van der Waals surface area contributed by atoms with Crippen molar-refractivity contribution in [1.82, 2.24) is 4.90 Å². The van der Waals surface area contributed by atoms with Gasteiger partial charge in [-0.25, -0.2) is 4.79 Å². The highest BCUT2D eigenvalue weighted by atomic mass is 32.2. The number of rotatable bonds is 2. The minimum atomic E-state index is -0.897. The Kier molecular flexibility index (Phi) is 3.94. The summed E-state index contributed by atoms with van der Waals surface area (Å²) in [7, 11) is 0. The van der Waals surface area contributed by atoms with Gasteiger partial charge in [-0.1, -0.05) is 18.2 Å². The van der Waals surface area contributed by atoms with Crippen molar-refractivity contribution in [3.8, 4) is 0 Å². The average Bonchev–Trinajstić information content (AvgIpc) is 2.90. The van der Waals surface area contributed by atoms with Gasteiger partial charge in [0.25, 0.3) is 0 Å². The lowest BCUT2D eigenvalue weighted by atomic mass is 10.1. The number of nitrogens with zero attached hydrogens (tertiary/aromatic N) is 1. The van der Waals surface area contributed by atoms with Crippen LogP contribution in [0.3, 0.4) is 0 Å². The van der Waals surface area contributed by atoms with Crippen LogP contribution in [0, 0.1) is 0 Å². The van der Waals surface area contributed by atoms with Gasteiger partial charge in [-0.05, 0) is 18.1 Å². The Labute approximate surface area is 125 Å². The second-order valence-electron chi connectivity index (χ2n) is 4.88. The summed E-state index contributed by atoms with van der Waals surface area (Å²) in [5.41, 5.74) is 1.19. The van der Waals surface area contributed by atoms with Gasteiger partial charge in [-0.2, -0.15) is 11.8 Å². The lowest BCUT2D eigenvalue weighted by Gasteiger charge is -2.34. The summed E-state index contributed by atoms with van der Waals surface area (Å²) in [6.07, 6.45) is 0.704. The summed E-state index contributed by atoms with van der Waals surface area (Å²) in [6.45, 7) is 0.536. The third-order valence-electron chi connectivity index (χ3n) is 3.62. The van der Waals surface area contributed by atoms with Crippen LogP contribution in [0.25, 0.3) is 0 Å². The van der Waals surface area contributed by atoms with Crippen molar-refractivity contribution < 1.29 is 14.7 Å². The Hall–Kier alpha value is -1.14. The van der Waals surface area contributed by atoms with Crippen molar-refractivity contribution in [2.24, 2.45) is 0 Å². The zero-order valence-electron chi connectivity index (χ0n) is 10.8. The molecule has 2 unspecified atom stereocenters. The Morgan fingerprint density at radius 1 is 1.30 bits per heavy atom. The molecule has 2 heterocycles. The van der Waals surface area contributed by atoms with Crippen LogP contribution in [0.2, 0.25) is 0 Å². The van der Waals surface area contributed by atoms with Crippen LogP contribution in [0.15, 0.2) is 29.2 Å². The molecule has 4 nitrogen and oxygen atoms in total. The predicted molar refractivity (Wildman–Crippen MR) is 80.3 cm³/mol. The first-order chi connectivity index (χ1) is 9.66. The minimum absolute atomic E-state index is 0.0288. The van der Waals surface area contributed by atoms with E-state index in [2.05, 4.69) is 0 Å². The summed E-state index contributed by atoms with van der Waals surface area (Å²) < 4.78 is 0. The summed E-state index contributed by atoms with van der Waals surface area (Å²) in [5, 5.41) is 9.09. The molecule has 2 aliphatic rings. The molecule has 1 fully saturated rings. The number of amides is 1. The van der Waals surface area contributed by atoms with Gasteiger partial charge in [-0.3, -0.25) is 4.79 Å². The largest absolute Gasteiger partial charge is 0.480 e. The monoisotopic (exact) mass is 309 g/mol. The lowest BCUT2D eigenvalue weighted by molar-refractivity contribution is -0.148. The van der Waals surface area contributed by atoms with Crippen LogP contribution in [-0.2, 0) is 16.0 Å². The smallest absolute Gasteiger partial charge is 0.327 e. The number of benzene rings is 1. The zero-order chi connectivity index (χ0) is 14.1.